The van der Waals surface area contributed by atoms with Crippen LogP contribution < -0.4 is 0 Å². The van der Waals surface area contributed by atoms with Crippen LogP contribution in [0.15, 0.2) is 206 Å². The van der Waals surface area contributed by atoms with Crippen LogP contribution in [0.25, 0.3) is 110 Å². The van der Waals surface area contributed by atoms with Crippen LogP contribution in [0.5, 0.6) is 0 Å². The third kappa shape index (κ3) is 5.09. The fourth-order valence-corrected chi connectivity index (χ4v) is 8.98. The van der Waals surface area contributed by atoms with Crippen molar-refractivity contribution < 1.29 is 0 Å². The van der Waals surface area contributed by atoms with Crippen molar-refractivity contribution in [3.63, 3.8) is 0 Å². The molecular weight excluding hydrogens is 705 g/mol. The summed E-state index contributed by atoms with van der Waals surface area (Å²) < 4.78 is 4.89. The second-order valence-electron chi connectivity index (χ2n) is 15.0. The number of aromatic nitrogens is 4. The summed E-state index contributed by atoms with van der Waals surface area (Å²) in [5, 5.41) is 9.64. The Balaban J connectivity index is 1.16. The minimum absolute atomic E-state index is 0.687. The summed E-state index contributed by atoms with van der Waals surface area (Å²) in [4.78, 5) is 10.5. The van der Waals surface area contributed by atoms with E-state index in [1.807, 2.05) is 12.1 Å². The van der Waals surface area contributed by atoms with Gasteiger partial charge in [0.15, 0.2) is 5.82 Å². The van der Waals surface area contributed by atoms with E-state index in [0.29, 0.717) is 5.82 Å². The first kappa shape index (κ1) is 32.4. The lowest BCUT2D eigenvalue weighted by Crippen LogP contribution is -2.00. The minimum atomic E-state index is 0.687. The summed E-state index contributed by atoms with van der Waals surface area (Å²) in [6.45, 7) is 0. The lowest BCUT2D eigenvalue weighted by atomic mass is 10.0. The van der Waals surface area contributed by atoms with Crippen LogP contribution in [0, 0.1) is 0 Å². The lowest BCUT2D eigenvalue weighted by molar-refractivity contribution is 1.16. The summed E-state index contributed by atoms with van der Waals surface area (Å²) in [6.07, 6.45) is 0. The molecule has 4 nitrogen and oxygen atoms in total. The summed E-state index contributed by atoms with van der Waals surface area (Å²) >= 11 is 0. The molecular formula is C54H34N4. The average Bonchev–Trinajstić information content (AvgIpc) is 3.80. The van der Waals surface area contributed by atoms with E-state index >= 15 is 0 Å². The molecule has 3 aromatic heterocycles. The minimum Gasteiger partial charge on any atom is -0.309 e. The third-order valence-corrected chi connectivity index (χ3v) is 11.7. The van der Waals surface area contributed by atoms with E-state index in [9.17, 15) is 0 Å². The van der Waals surface area contributed by atoms with E-state index in [2.05, 4.69) is 203 Å². The van der Waals surface area contributed by atoms with E-state index in [1.165, 1.54) is 43.4 Å². The van der Waals surface area contributed by atoms with Crippen molar-refractivity contribution in [2.45, 2.75) is 0 Å². The van der Waals surface area contributed by atoms with Gasteiger partial charge in [0.2, 0.25) is 0 Å². The van der Waals surface area contributed by atoms with Gasteiger partial charge in [-0.25, -0.2) is 9.97 Å². The maximum atomic E-state index is 5.26. The molecule has 0 saturated heterocycles. The first-order valence-electron chi connectivity index (χ1n) is 19.7. The highest BCUT2D eigenvalue weighted by Gasteiger charge is 2.21. The van der Waals surface area contributed by atoms with Gasteiger partial charge in [-0.1, -0.05) is 152 Å². The van der Waals surface area contributed by atoms with E-state index in [1.54, 1.807) is 0 Å². The number of rotatable bonds is 5. The Labute approximate surface area is 334 Å². The van der Waals surface area contributed by atoms with Gasteiger partial charge in [0, 0.05) is 49.3 Å². The monoisotopic (exact) mass is 738 g/mol. The van der Waals surface area contributed by atoms with Crippen molar-refractivity contribution in [2.24, 2.45) is 0 Å². The largest absolute Gasteiger partial charge is 0.309 e. The Morgan fingerprint density at radius 2 is 0.828 bits per heavy atom. The van der Waals surface area contributed by atoms with Gasteiger partial charge in [0.1, 0.15) is 0 Å². The first-order chi connectivity index (χ1) is 28.7. The molecule has 0 saturated carbocycles. The smallest absolute Gasteiger partial charge is 0.160 e. The molecule has 0 aliphatic heterocycles. The van der Waals surface area contributed by atoms with E-state index in [-0.39, 0.29) is 0 Å². The molecule has 0 fully saturated rings. The van der Waals surface area contributed by atoms with Crippen molar-refractivity contribution >= 4 is 65.2 Å². The molecule has 0 aliphatic rings. The predicted molar refractivity (Wildman–Crippen MR) is 242 cm³/mol. The van der Waals surface area contributed by atoms with Crippen LogP contribution in [0.1, 0.15) is 0 Å². The number of para-hydroxylation sites is 2. The Bertz CT molecular complexity index is 3500. The highest BCUT2D eigenvalue weighted by atomic mass is 15.0. The van der Waals surface area contributed by atoms with Gasteiger partial charge in [0.25, 0.3) is 0 Å². The fourth-order valence-electron chi connectivity index (χ4n) is 8.98. The van der Waals surface area contributed by atoms with E-state index in [0.717, 1.165) is 61.3 Å². The molecule has 12 aromatic rings. The molecule has 0 unspecified atom stereocenters. The van der Waals surface area contributed by atoms with Crippen molar-refractivity contribution in [1.29, 1.82) is 0 Å². The summed E-state index contributed by atoms with van der Waals surface area (Å²) in [5.41, 5.74) is 11.7. The summed E-state index contributed by atoms with van der Waals surface area (Å²) in [6, 6.07) is 73.9. The maximum absolute atomic E-state index is 5.26. The Morgan fingerprint density at radius 3 is 1.50 bits per heavy atom. The molecule has 0 radical (unpaired) electrons. The molecule has 0 amide bonds. The zero-order chi connectivity index (χ0) is 38.2. The highest BCUT2D eigenvalue weighted by molar-refractivity contribution is 6.19. The predicted octanol–water partition coefficient (Wildman–Crippen LogP) is 14.0. The second kappa shape index (κ2) is 12.9. The van der Waals surface area contributed by atoms with Crippen molar-refractivity contribution in [1.82, 2.24) is 19.1 Å². The summed E-state index contributed by atoms with van der Waals surface area (Å²) in [5.74, 6) is 0.687. The normalized spacial score (nSPS) is 11.8. The molecule has 3 heterocycles. The number of nitrogens with zero attached hydrogens (tertiary/aromatic N) is 4. The van der Waals surface area contributed by atoms with Crippen LogP contribution in [-0.2, 0) is 0 Å². The molecule has 0 N–H and O–H groups in total. The van der Waals surface area contributed by atoms with Crippen molar-refractivity contribution in [3.8, 4) is 45.3 Å². The number of hydrogen-bond acceptors (Lipinski definition) is 2. The molecule has 9 aromatic carbocycles. The summed E-state index contributed by atoms with van der Waals surface area (Å²) in [7, 11) is 0. The highest BCUT2D eigenvalue weighted by Crippen LogP contribution is 2.42. The van der Waals surface area contributed by atoms with E-state index in [4.69, 9.17) is 9.97 Å². The molecule has 270 valence electrons. The molecule has 12 rings (SSSR count). The average molecular weight is 739 g/mol. The fraction of sp³-hybridized carbons (Fsp3) is 0. The van der Waals surface area contributed by atoms with Gasteiger partial charge in [-0.05, 0) is 70.8 Å². The molecule has 4 heteroatoms. The van der Waals surface area contributed by atoms with Gasteiger partial charge < -0.3 is 9.13 Å². The standard InChI is InChI=1S/C54H34N4/c1-3-16-36(17-4-1)47-33-48(37-18-5-2-6-19-37)56-54(55-47)40-29-39-21-9-10-22-42(39)51(31-40)58-50-26-14-12-24-44(50)46-32-45-43-23-11-13-25-49(43)57(52(45)34-53(46)58)41-28-27-35-15-7-8-20-38(35)30-41/h1-34H. The van der Waals surface area contributed by atoms with Crippen molar-refractivity contribution in [2.75, 3.05) is 0 Å². The van der Waals surface area contributed by atoms with Gasteiger partial charge >= 0.3 is 0 Å². The first-order valence-corrected chi connectivity index (χ1v) is 19.7. The quantitative estimate of drug-likeness (QED) is 0.176. The van der Waals surface area contributed by atoms with Crippen LogP contribution >= 0.6 is 0 Å². The van der Waals surface area contributed by atoms with Crippen LogP contribution in [-0.4, -0.2) is 19.1 Å². The maximum Gasteiger partial charge on any atom is 0.160 e. The molecule has 0 atom stereocenters. The number of hydrogen-bond donors (Lipinski definition) is 0. The zero-order valence-electron chi connectivity index (χ0n) is 31.4. The Kier molecular flexibility index (Phi) is 7.20. The topological polar surface area (TPSA) is 35.6 Å². The van der Waals surface area contributed by atoms with Gasteiger partial charge in [-0.2, -0.15) is 0 Å². The molecule has 0 bridgehead atoms. The second-order valence-corrected chi connectivity index (χ2v) is 15.0. The van der Waals surface area contributed by atoms with Gasteiger partial charge in [-0.15, -0.1) is 0 Å². The Hall–Kier alpha value is -7.82. The zero-order valence-corrected chi connectivity index (χ0v) is 31.4. The molecule has 0 spiro atoms. The molecule has 58 heavy (non-hydrogen) atoms. The van der Waals surface area contributed by atoms with Gasteiger partial charge in [-0.3, -0.25) is 0 Å². The van der Waals surface area contributed by atoms with Crippen LogP contribution in [0.3, 0.4) is 0 Å². The SMILES string of the molecule is c1ccc(-c2cc(-c3ccccc3)nc(-c3cc(-n4c5ccccc5c5cc6c7ccccc7n(-c7ccc8ccccc8c7)c6cc54)c4ccccc4c3)n2)cc1. The van der Waals surface area contributed by atoms with Crippen molar-refractivity contribution in [3.05, 3.63) is 206 Å². The molecule has 0 aliphatic carbocycles. The van der Waals surface area contributed by atoms with Gasteiger partial charge in [0.05, 0.1) is 39.1 Å². The Morgan fingerprint density at radius 1 is 0.293 bits per heavy atom. The third-order valence-electron chi connectivity index (χ3n) is 11.7. The van der Waals surface area contributed by atoms with Crippen LogP contribution in [0.4, 0.5) is 0 Å². The number of fused-ring (bicyclic) bond motifs is 8. The van der Waals surface area contributed by atoms with Crippen LogP contribution in [0.2, 0.25) is 0 Å². The van der Waals surface area contributed by atoms with E-state index < -0.39 is 0 Å². The number of benzene rings is 9. The lowest BCUT2D eigenvalue weighted by Gasteiger charge is -2.15.